The number of benzene rings is 1. The zero-order chi connectivity index (χ0) is 19.5. The van der Waals surface area contributed by atoms with Crippen LogP contribution in [-0.4, -0.2) is 38.9 Å². The molecule has 1 unspecified atom stereocenters. The first-order valence-electron chi connectivity index (χ1n) is 8.97. The summed E-state index contributed by atoms with van der Waals surface area (Å²) in [6, 6.07) is 3.86. The highest BCUT2D eigenvalue weighted by Crippen LogP contribution is 2.46. The molecule has 146 valence electrons. The van der Waals surface area contributed by atoms with Crippen molar-refractivity contribution in [2.45, 2.75) is 58.3 Å². The summed E-state index contributed by atoms with van der Waals surface area (Å²) in [6.45, 7) is 7.71. The average Bonchev–Trinajstić information content (AvgIpc) is 2.58. The van der Waals surface area contributed by atoms with Gasteiger partial charge in [-0.1, -0.05) is 0 Å². The first-order chi connectivity index (χ1) is 12.2. The molecular formula is C20H31NO5. The zero-order valence-corrected chi connectivity index (χ0v) is 16.8. The number of carbonyl (C=O) groups is 1. The quantitative estimate of drug-likeness (QED) is 0.836. The number of carbonyl (C=O) groups excluding carboxylic acids is 1. The number of hydrogen-bond acceptors (Lipinski definition) is 5. The van der Waals surface area contributed by atoms with Crippen molar-refractivity contribution in [2.24, 2.45) is 5.92 Å². The van der Waals surface area contributed by atoms with Gasteiger partial charge in [0.05, 0.1) is 33.5 Å². The van der Waals surface area contributed by atoms with E-state index in [4.69, 9.17) is 18.9 Å². The summed E-state index contributed by atoms with van der Waals surface area (Å²) < 4.78 is 22.7. The van der Waals surface area contributed by atoms with E-state index in [-0.39, 0.29) is 24.0 Å². The van der Waals surface area contributed by atoms with Crippen LogP contribution in [0.15, 0.2) is 12.1 Å². The van der Waals surface area contributed by atoms with Gasteiger partial charge < -0.3 is 24.3 Å². The highest BCUT2D eigenvalue weighted by Gasteiger charge is 2.41. The fourth-order valence-corrected chi connectivity index (χ4v) is 3.84. The van der Waals surface area contributed by atoms with Gasteiger partial charge in [-0.3, -0.25) is 4.79 Å². The maximum atomic E-state index is 11.7. The summed E-state index contributed by atoms with van der Waals surface area (Å²) >= 11 is 0. The molecule has 1 aliphatic heterocycles. The van der Waals surface area contributed by atoms with Gasteiger partial charge in [0.15, 0.2) is 11.5 Å². The summed E-state index contributed by atoms with van der Waals surface area (Å²) in [6.07, 6.45) is 1.86. The molecule has 0 bridgehead atoms. The second-order valence-corrected chi connectivity index (χ2v) is 7.41. The maximum Gasteiger partial charge on any atom is 0.217 e. The van der Waals surface area contributed by atoms with Crippen LogP contribution in [0.3, 0.4) is 0 Å². The summed E-state index contributed by atoms with van der Waals surface area (Å²) in [5, 5.41) is 3.08. The molecule has 2 rings (SSSR count). The highest BCUT2D eigenvalue weighted by atomic mass is 16.5. The Morgan fingerprint density at radius 1 is 1.12 bits per heavy atom. The molecule has 1 saturated heterocycles. The van der Waals surface area contributed by atoms with Crippen molar-refractivity contribution in [3.05, 3.63) is 17.7 Å². The van der Waals surface area contributed by atoms with Crippen LogP contribution in [0.25, 0.3) is 0 Å². The third kappa shape index (κ3) is 4.23. The molecule has 6 heteroatoms. The van der Waals surface area contributed by atoms with Gasteiger partial charge >= 0.3 is 0 Å². The Balaban J connectivity index is 2.48. The van der Waals surface area contributed by atoms with E-state index in [1.807, 2.05) is 26.0 Å². The summed E-state index contributed by atoms with van der Waals surface area (Å²) in [5.74, 6) is 1.82. The average molecular weight is 365 g/mol. The molecule has 0 aliphatic carbocycles. The van der Waals surface area contributed by atoms with E-state index in [1.54, 1.807) is 28.3 Å². The van der Waals surface area contributed by atoms with E-state index in [0.29, 0.717) is 17.2 Å². The number of hydrogen-bond donors (Lipinski definition) is 1. The monoisotopic (exact) mass is 365 g/mol. The molecule has 1 amide bonds. The van der Waals surface area contributed by atoms with Crippen molar-refractivity contribution in [2.75, 3.05) is 21.3 Å². The Morgan fingerprint density at radius 2 is 1.69 bits per heavy atom. The number of ether oxygens (including phenoxy) is 4. The summed E-state index contributed by atoms with van der Waals surface area (Å²) in [7, 11) is 4.79. The first-order valence-corrected chi connectivity index (χ1v) is 8.97. The Kier molecular flexibility index (Phi) is 6.39. The van der Waals surface area contributed by atoms with Crippen molar-refractivity contribution < 1.29 is 23.7 Å². The van der Waals surface area contributed by atoms with Crippen LogP contribution < -0.4 is 19.5 Å². The number of amides is 1. The third-order valence-corrected chi connectivity index (χ3v) is 5.07. The molecule has 26 heavy (non-hydrogen) atoms. The van der Waals surface area contributed by atoms with E-state index in [0.717, 1.165) is 18.4 Å². The van der Waals surface area contributed by atoms with Gasteiger partial charge in [-0.2, -0.15) is 0 Å². The SMILES string of the molecule is COc1cc(C2O[C@H](C)CC[C@H]2C(C)(C)NC(C)=O)cc(OC)c1OC. The standard InChI is InChI=1S/C20H31NO5/c1-12-8-9-15(20(3,4)21-13(2)22)18(26-12)14-10-16(23-5)19(25-7)17(11-14)24-6/h10-12,15,18H,8-9H2,1-7H3,(H,21,22)/t12-,15-,18?/m1/s1. The Labute approximate surface area is 156 Å². The van der Waals surface area contributed by atoms with Gasteiger partial charge in [0.2, 0.25) is 11.7 Å². The Hall–Kier alpha value is -1.95. The highest BCUT2D eigenvalue weighted by molar-refractivity contribution is 5.73. The normalized spacial score (nSPS) is 23.3. The van der Waals surface area contributed by atoms with Crippen molar-refractivity contribution in [1.82, 2.24) is 5.32 Å². The van der Waals surface area contributed by atoms with E-state index in [1.165, 1.54) is 0 Å². The second-order valence-electron chi connectivity index (χ2n) is 7.41. The number of rotatable bonds is 6. The Morgan fingerprint density at radius 3 is 2.15 bits per heavy atom. The van der Waals surface area contributed by atoms with Gasteiger partial charge in [0.25, 0.3) is 0 Å². The molecule has 0 radical (unpaired) electrons. The number of methoxy groups -OCH3 is 3. The lowest BCUT2D eigenvalue weighted by Crippen LogP contribution is -2.52. The van der Waals surface area contributed by atoms with Crippen LogP contribution in [0.4, 0.5) is 0 Å². The molecule has 1 aliphatic rings. The molecule has 3 atom stereocenters. The van der Waals surface area contributed by atoms with Gasteiger partial charge in [-0.15, -0.1) is 0 Å². The molecule has 0 saturated carbocycles. The predicted molar refractivity (Wildman–Crippen MR) is 100 cm³/mol. The van der Waals surface area contributed by atoms with Crippen LogP contribution in [0.5, 0.6) is 17.2 Å². The minimum atomic E-state index is -0.406. The predicted octanol–water partition coefficient (Wildman–Crippen LogP) is 3.48. The fourth-order valence-electron chi connectivity index (χ4n) is 3.84. The molecular weight excluding hydrogens is 334 g/mol. The smallest absolute Gasteiger partial charge is 0.217 e. The number of nitrogens with one attached hydrogen (secondary N) is 1. The summed E-state index contributed by atoms with van der Waals surface area (Å²) in [4.78, 5) is 11.7. The molecule has 1 aromatic carbocycles. The molecule has 6 nitrogen and oxygen atoms in total. The largest absolute Gasteiger partial charge is 0.493 e. The molecule has 1 N–H and O–H groups in total. The topological polar surface area (TPSA) is 66.0 Å². The van der Waals surface area contributed by atoms with E-state index < -0.39 is 5.54 Å². The molecule has 1 aromatic rings. The lowest BCUT2D eigenvalue weighted by atomic mass is 9.75. The van der Waals surface area contributed by atoms with E-state index >= 15 is 0 Å². The minimum Gasteiger partial charge on any atom is -0.493 e. The molecule has 0 aromatic heterocycles. The van der Waals surface area contributed by atoms with Crippen molar-refractivity contribution >= 4 is 5.91 Å². The zero-order valence-electron chi connectivity index (χ0n) is 16.8. The fraction of sp³-hybridized carbons (Fsp3) is 0.650. The lowest BCUT2D eigenvalue weighted by molar-refractivity contribution is -0.126. The lowest BCUT2D eigenvalue weighted by Gasteiger charge is -2.44. The van der Waals surface area contributed by atoms with Crippen LogP contribution in [0.1, 0.15) is 52.2 Å². The first kappa shape index (κ1) is 20.4. The van der Waals surface area contributed by atoms with Crippen LogP contribution in [0.2, 0.25) is 0 Å². The van der Waals surface area contributed by atoms with Gasteiger partial charge in [0.1, 0.15) is 0 Å². The summed E-state index contributed by atoms with van der Waals surface area (Å²) in [5.41, 5.74) is 0.548. The molecule has 1 fully saturated rings. The minimum absolute atomic E-state index is 0.0442. The van der Waals surface area contributed by atoms with Gasteiger partial charge in [0, 0.05) is 18.4 Å². The van der Waals surface area contributed by atoms with E-state index in [2.05, 4.69) is 12.2 Å². The Bertz CT molecular complexity index is 618. The molecule has 0 spiro atoms. The second kappa shape index (κ2) is 8.16. The van der Waals surface area contributed by atoms with Crippen molar-refractivity contribution in [1.29, 1.82) is 0 Å². The van der Waals surface area contributed by atoms with Crippen LogP contribution in [-0.2, 0) is 9.53 Å². The third-order valence-electron chi connectivity index (χ3n) is 5.07. The van der Waals surface area contributed by atoms with E-state index in [9.17, 15) is 4.79 Å². The van der Waals surface area contributed by atoms with Crippen molar-refractivity contribution in [3.8, 4) is 17.2 Å². The van der Waals surface area contributed by atoms with Crippen LogP contribution in [0, 0.1) is 5.92 Å². The maximum absolute atomic E-state index is 11.7. The van der Waals surface area contributed by atoms with Gasteiger partial charge in [-0.25, -0.2) is 0 Å². The van der Waals surface area contributed by atoms with Crippen molar-refractivity contribution in [3.63, 3.8) is 0 Å². The van der Waals surface area contributed by atoms with Gasteiger partial charge in [-0.05, 0) is 51.3 Å². The van der Waals surface area contributed by atoms with Crippen LogP contribution >= 0.6 is 0 Å². The molecule has 1 heterocycles.